The lowest BCUT2D eigenvalue weighted by atomic mass is 10.1. The zero-order chi connectivity index (χ0) is 44.0. The lowest BCUT2D eigenvalue weighted by molar-refractivity contribution is -0.154. The third-order valence-corrected chi connectivity index (χ3v) is 10.7. The maximum Gasteiger partial charge on any atom is 0.472 e. The number of phosphoric acid groups is 1. The number of esters is 1. The molecule has 0 rings (SSSR count). The Balaban J connectivity index is 4.28. The number of carboxylic acids is 1. The second kappa shape index (κ2) is 44.5. The van der Waals surface area contributed by atoms with Gasteiger partial charge in [0.15, 0.2) is 0 Å². The molecule has 0 aromatic carbocycles. The molecule has 0 aliphatic rings. The van der Waals surface area contributed by atoms with Crippen molar-refractivity contribution in [2.24, 2.45) is 5.73 Å². The summed E-state index contributed by atoms with van der Waals surface area (Å²) in [5, 5.41) is 8.91. The van der Waals surface area contributed by atoms with Gasteiger partial charge in [-0.05, 0) is 83.5 Å². The maximum atomic E-state index is 12.7. The van der Waals surface area contributed by atoms with Crippen molar-refractivity contribution in [3.05, 3.63) is 72.9 Å². The summed E-state index contributed by atoms with van der Waals surface area (Å²) in [6.45, 7) is 3.72. The van der Waals surface area contributed by atoms with Crippen LogP contribution in [-0.4, -0.2) is 60.5 Å². The molecule has 0 saturated carbocycles. The van der Waals surface area contributed by atoms with Crippen LogP contribution in [0.5, 0.6) is 0 Å². The Kier molecular flexibility index (Phi) is 42.5. The molecule has 0 aromatic rings. The predicted molar refractivity (Wildman–Crippen MR) is 249 cm³/mol. The fraction of sp³-hybridized carbons (Fsp3) is 0.714. The maximum absolute atomic E-state index is 12.7. The first-order valence-electron chi connectivity index (χ1n) is 23.5. The van der Waals surface area contributed by atoms with Gasteiger partial charge < -0.3 is 25.2 Å². The first-order valence-corrected chi connectivity index (χ1v) is 25.0. The monoisotopic (exact) mass is 864 g/mol. The largest absolute Gasteiger partial charge is 0.480 e. The van der Waals surface area contributed by atoms with E-state index < -0.39 is 45.1 Å². The average Bonchev–Trinajstić information content (AvgIpc) is 3.23. The Morgan fingerprint density at radius 3 is 1.47 bits per heavy atom. The first kappa shape index (κ1) is 57.4. The fourth-order valence-corrected chi connectivity index (χ4v) is 6.87. The van der Waals surface area contributed by atoms with Crippen LogP contribution >= 0.6 is 7.82 Å². The second-order valence-electron chi connectivity index (χ2n) is 15.5. The molecular weight excluding hydrogens is 778 g/mol. The molecule has 0 aromatic heterocycles. The van der Waals surface area contributed by atoms with E-state index in [-0.39, 0.29) is 13.0 Å². The van der Waals surface area contributed by atoms with Crippen molar-refractivity contribution >= 4 is 19.8 Å². The van der Waals surface area contributed by atoms with Crippen LogP contribution in [0.3, 0.4) is 0 Å². The molecule has 3 atom stereocenters. The number of allylic oxidation sites excluding steroid dienone is 12. The minimum atomic E-state index is -4.63. The van der Waals surface area contributed by atoms with E-state index in [4.69, 9.17) is 29.4 Å². The van der Waals surface area contributed by atoms with Crippen molar-refractivity contribution in [1.82, 2.24) is 0 Å². The van der Waals surface area contributed by atoms with E-state index in [0.29, 0.717) is 13.0 Å². The summed E-state index contributed by atoms with van der Waals surface area (Å²) < 4.78 is 33.4. The minimum absolute atomic E-state index is 0.00204. The minimum Gasteiger partial charge on any atom is -0.480 e. The number of phosphoric ester groups is 1. The zero-order valence-corrected chi connectivity index (χ0v) is 38.7. The lowest BCUT2D eigenvalue weighted by Crippen LogP contribution is -2.34. The number of unbranched alkanes of at least 4 members (excludes halogenated alkanes) is 18. The molecule has 0 aliphatic carbocycles. The molecule has 0 heterocycles. The van der Waals surface area contributed by atoms with Crippen molar-refractivity contribution in [3.8, 4) is 0 Å². The van der Waals surface area contributed by atoms with Gasteiger partial charge in [0.2, 0.25) is 0 Å². The van der Waals surface area contributed by atoms with Crippen LogP contribution in [0.4, 0.5) is 0 Å². The summed E-state index contributed by atoms with van der Waals surface area (Å²) in [4.78, 5) is 33.6. The smallest absolute Gasteiger partial charge is 0.472 e. The molecule has 346 valence electrons. The number of aliphatic carboxylic acids is 1. The molecular formula is C49H86NO9P. The molecule has 3 unspecified atom stereocenters. The first-order chi connectivity index (χ1) is 29.2. The summed E-state index contributed by atoms with van der Waals surface area (Å²) >= 11 is 0. The van der Waals surface area contributed by atoms with Crippen LogP contribution < -0.4 is 5.73 Å². The number of carboxylic acid groups (broad SMARTS) is 1. The van der Waals surface area contributed by atoms with E-state index in [1.165, 1.54) is 89.9 Å². The summed E-state index contributed by atoms with van der Waals surface area (Å²) in [6, 6.07) is -1.48. The van der Waals surface area contributed by atoms with Gasteiger partial charge in [0, 0.05) is 13.0 Å². The van der Waals surface area contributed by atoms with Crippen molar-refractivity contribution < 1.29 is 42.7 Å². The molecule has 0 aliphatic heterocycles. The van der Waals surface area contributed by atoms with Crippen LogP contribution in [0.15, 0.2) is 72.9 Å². The topological polar surface area (TPSA) is 155 Å². The molecule has 4 N–H and O–H groups in total. The molecule has 0 spiro atoms. The van der Waals surface area contributed by atoms with Crippen molar-refractivity contribution in [2.75, 3.05) is 26.4 Å². The molecule has 0 saturated heterocycles. The van der Waals surface area contributed by atoms with Crippen LogP contribution in [0.1, 0.15) is 187 Å². The Morgan fingerprint density at radius 1 is 0.550 bits per heavy atom. The number of nitrogens with two attached hydrogens (primary N) is 1. The van der Waals surface area contributed by atoms with E-state index >= 15 is 0 Å². The quantitative estimate of drug-likeness (QED) is 0.0233. The number of carbonyl (C=O) groups is 2. The normalized spacial score (nSPS) is 14.5. The summed E-state index contributed by atoms with van der Waals surface area (Å²) in [5.74, 6) is -1.82. The van der Waals surface area contributed by atoms with Crippen LogP contribution in [0.25, 0.3) is 0 Å². The van der Waals surface area contributed by atoms with Crippen molar-refractivity contribution in [2.45, 2.75) is 199 Å². The van der Waals surface area contributed by atoms with E-state index in [1.54, 1.807) is 0 Å². The van der Waals surface area contributed by atoms with Gasteiger partial charge in [-0.25, -0.2) is 4.57 Å². The van der Waals surface area contributed by atoms with Gasteiger partial charge in [-0.3, -0.25) is 18.6 Å². The third kappa shape index (κ3) is 43.5. The van der Waals surface area contributed by atoms with Gasteiger partial charge in [-0.1, -0.05) is 170 Å². The predicted octanol–water partition coefficient (Wildman–Crippen LogP) is 13.4. The molecule has 10 nitrogen and oxygen atoms in total. The number of hydrogen-bond donors (Lipinski definition) is 3. The molecule has 0 radical (unpaired) electrons. The number of ether oxygens (including phenoxy) is 2. The number of carbonyl (C=O) groups excluding carboxylic acids is 1. The molecule has 60 heavy (non-hydrogen) atoms. The summed E-state index contributed by atoms with van der Waals surface area (Å²) in [7, 11) is -4.63. The van der Waals surface area contributed by atoms with Gasteiger partial charge in [0.25, 0.3) is 0 Å². The lowest BCUT2D eigenvalue weighted by Gasteiger charge is -2.20. The van der Waals surface area contributed by atoms with E-state index in [0.717, 1.165) is 70.6 Å². The molecule has 0 amide bonds. The van der Waals surface area contributed by atoms with E-state index in [9.17, 15) is 19.0 Å². The highest BCUT2D eigenvalue weighted by atomic mass is 31.2. The van der Waals surface area contributed by atoms with Gasteiger partial charge in [0.05, 0.1) is 19.8 Å². The Labute approximate surface area is 365 Å². The van der Waals surface area contributed by atoms with Crippen molar-refractivity contribution in [1.29, 1.82) is 0 Å². The Morgan fingerprint density at radius 2 is 0.967 bits per heavy atom. The highest BCUT2D eigenvalue weighted by molar-refractivity contribution is 7.47. The van der Waals surface area contributed by atoms with Crippen LogP contribution in [-0.2, 0) is 32.7 Å². The second-order valence-corrected chi connectivity index (χ2v) is 17.0. The highest BCUT2D eigenvalue weighted by Crippen LogP contribution is 2.43. The van der Waals surface area contributed by atoms with Crippen LogP contribution in [0.2, 0.25) is 0 Å². The summed E-state index contributed by atoms with van der Waals surface area (Å²) in [6.07, 6.45) is 55.3. The van der Waals surface area contributed by atoms with Gasteiger partial charge in [-0.2, -0.15) is 0 Å². The Bertz CT molecular complexity index is 1230. The Hall–Kier alpha value is -2.59. The SMILES string of the molecule is CC/C=C\C/C=C\C/C=C\C/C=C\C/C=C\CCCCCC(=O)OC(COCCCCCCCCCC/C=C\CCCCCCCCC)COP(=O)(O)OCC(N)C(=O)O. The van der Waals surface area contributed by atoms with E-state index in [2.05, 4.69) is 86.8 Å². The fourth-order valence-electron chi connectivity index (χ4n) is 6.09. The zero-order valence-electron chi connectivity index (χ0n) is 37.8. The van der Waals surface area contributed by atoms with Crippen molar-refractivity contribution in [3.63, 3.8) is 0 Å². The molecule has 0 bridgehead atoms. The number of hydrogen-bond acceptors (Lipinski definition) is 8. The van der Waals surface area contributed by atoms with Gasteiger partial charge >= 0.3 is 19.8 Å². The van der Waals surface area contributed by atoms with Crippen LogP contribution in [0, 0.1) is 0 Å². The highest BCUT2D eigenvalue weighted by Gasteiger charge is 2.27. The van der Waals surface area contributed by atoms with Gasteiger partial charge in [0.1, 0.15) is 12.1 Å². The third-order valence-electron chi connectivity index (χ3n) is 9.72. The molecule has 0 fully saturated rings. The van der Waals surface area contributed by atoms with E-state index in [1.807, 2.05) is 0 Å². The number of rotatable bonds is 44. The average molecular weight is 864 g/mol. The molecule has 11 heteroatoms. The van der Waals surface area contributed by atoms with Gasteiger partial charge in [-0.15, -0.1) is 0 Å². The standard InChI is InChI=1S/C49H86NO9P/c1-3-5-7-9-11-13-15-17-19-21-23-25-27-29-31-33-35-37-39-41-48(51)59-46(44-57-60(54,55)58-45-47(50)49(52)53)43-56-42-40-38-36-34-32-30-28-26-24-22-20-18-16-14-12-10-8-6-4-2/h5,7,11,13,17,19-20,22-23,25,29,31,46-47H,3-4,6,8-10,12,14-16,18,21,24,26-28,30,32-45,50H2,1-2H3,(H,52,53)(H,54,55)/b7-5-,13-11-,19-17-,22-20-,25-23-,31-29-. The summed E-state index contributed by atoms with van der Waals surface area (Å²) in [5.41, 5.74) is 5.36.